The number of hydrogen-bond acceptors (Lipinski definition) is 3. The molecule has 0 aromatic heterocycles. The van der Waals surface area contributed by atoms with Crippen molar-refractivity contribution < 1.29 is 8.42 Å². The largest absolute Gasteiger partial charge is 0.313 e. The quantitative estimate of drug-likeness (QED) is 0.903. The van der Waals surface area contributed by atoms with Crippen molar-refractivity contribution in [2.75, 3.05) is 19.3 Å². The van der Waals surface area contributed by atoms with Gasteiger partial charge in [0, 0.05) is 24.2 Å². The maximum atomic E-state index is 12.6. The van der Waals surface area contributed by atoms with E-state index in [4.69, 9.17) is 11.6 Å². The molecule has 1 aliphatic rings. The van der Waals surface area contributed by atoms with Gasteiger partial charge in [0.1, 0.15) is 0 Å². The number of rotatable bonds is 5. The maximum absolute atomic E-state index is 12.6. The monoisotopic (exact) mass is 330 g/mol. The first-order valence-corrected chi connectivity index (χ1v) is 9.34. The number of nitrogens with zero attached hydrogens (tertiary/aromatic N) is 1. The van der Waals surface area contributed by atoms with E-state index in [0.29, 0.717) is 5.02 Å². The fraction of sp³-hybridized carbons (Fsp3) is 0.600. The van der Waals surface area contributed by atoms with Crippen molar-refractivity contribution in [3.8, 4) is 0 Å². The van der Waals surface area contributed by atoms with E-state index < -0.39 is 10.0 Å². The van der Waals surface area contributed by atoms with Gasteiger partial charge in [-0.15, -0.1) is 0 Å². The van der Waals surface area contributed by atoms with Crippen LogP contribution < -0.4 is 5.32 Å². The molecule has 4 nitrogen and oxygen atoms in total. The van der Waals surface area contributed by atoms with E-state index in [0.717, 1.165) is 31.4 Å². The van der Waals surface area contributed by atoms with Gasteiger partial charge in [-0.2, -0.15) is 4.31 Å². The number of nitrogens with one attached hydrogen (secondary N) is 1. The Labute approximate surface area is 132 Å². The van der Waals surface area contributed by atoms with Crippen LogP contribution in [-0.4, -0.2) is 38.1 Å². The molecule has 1 aliphatic heterocycles. The molecule has 2 atom stereocenters. The molecule has 6 heteroatoms. The molecule has 0 saturated carbocycles. The summed E-state index contributed by atoms with van der Waals surface area (Å²) < 4.78 is 26.6. The van der Waals surface area contributed by atoms with Crippen LogP contribution in [0.4, 0.5) is 0 Å². The minimum absolute atomic E-state index is 0.0599. The van der Waals surface area contributed by atoms with Crippen LogP contribution in [-0.2, 0) is 10.0 Å². The lowest BCUT2D eigenvalue weighted by Crippen LogP contribution is -2.43. The fourth-order valence-electron chi connectivity index (χ4n) is 2.69. The summed E-state index contributed by atoms with van der Waals surface area (Å²) in [5.41, 5.74) is 0.835. The Morgan fingerprint density at radius 2 is 2.10 bits per heavy atom. The highest BCUT2D eigenvalue weighted by Crippen LogP contribution is 2.28. The molecule has 1 heterocycles. The molecule has 21 heavy (non-hydrogen) atoms. The van der Waals surface area contributed by atoms with Crippen molar-refractivity contribution in [2.24, 2.45) is 0 Å². The number of hydrogen-bond donors (Lipinski definition) is 1. The zero-order valence-corrected chi connectivity index (χ0v) is 14.1. The molecule has 1 saturated heterocycles. The highest BCUT2D eigenvalue weighted by atomic mass is 35.5. The third-order valence-electron chi connectivity index (χ3n) is 4.16. The van der Waals surface area contributed by atoms with Gasteiger partial charge in [-0.25, -0.2) is 8.42 Å². The van der Waals surface area contributed by atoms with Crippen molar-refractivity contribution >= 4 is 21.6 Å². The summed E-state index contributed by atoms with van der Waals surface area (Å²) in [5.74, 6) is 0.151. The predicted octanol–water partition coefficient (Wildman–Crippen LogP) is 2.80. The summed E-state index contributed by atoms with van der Waals surface area (Å²) in [6, 6.07) is 7.17. The minimum Gasteiger partial charge on any atom is -0.313 e. The van der Waals surface area contributed by atoms with Crippen LogP contribution in [0.1, 0.15) is 37.8 Å². The average molecular weight is 331 g/mol. The van der Waals surface area contributed by atoms with Gasteiger partial charge < -0.3 is 5.32 Å². The van der Waals surface area contributed by atoms with Gasteiger partial charge in [0.2, 0.25) is 10.0 Å². The maximum Gasteiger partial charge on any atom is 0.215 e. The highest BCUT2D eigenvalue weighted by molar-refractivity contribution is 7.89. The van der Waals surface area contributed by atoms with Gasteiger partial charge in [0.15, 0.2) is 0 Å². The Bertz CT molecular complexity index is 571. The van der Waals surface area contributed by atoms with E-state index >= 15 is 0 Å². The third kappa shape index (κ3) is 4.19. The number of piperidine rings is 1. The zero-order valence-electron chi connectivity index (χ0n) is 12.5. The second-order valence-electron chi connectivity index (χ2n) is 5.64. The van der Waals surface area contributed by atoms with Gasteiger partial charge in [-0.3, -0.25) is 0 Å². The summed E-state index contributed by atoms with van der Waals surface area (Å²) in [5, 5.41) is 3.89. The second-order valence-corrected chi connectivity index (χ2v) is 8.12. The molecule has 2 unspecified atom stereocenters. The number of sulfonamides is 1. The molecule has 118 valence electrons. The van der Waals surface area contributed by atoms with Crippen LogP contribution >= 0.6 is 11.6 Å². The van der Waals surface area contributed by atoms with Gasteiger partial charge in [-0.1, -0.05) is 36.2 Å². The van der Waals surface area contributed by atoms with Crippen molar-refractivity contribution in [1.29, 1.82) is 0 Å². The van der Waals surface area contributed by atoms with Gasteiger partial charge in [0.25, 0.3) is 0 Å². The fourth-order valence-corrected chi connectivity index (χ4v) is 4.61. The average Bonchev–Trinajstić information content (AvgIpc) is 2.47. The summed E-state index contributed by atoms with van der Waals surface area (Å²) in [7, 11) is -1.68. The Kier molecular flexibility index (Phi) is 5.66. The highest BCUT2D eigenvalue weighted by Gasteiger charge is 2.29. The zero-order chi connectivity index (χ0) is 15.5. The minimum atomic E-state index is -3.31. The molecule has 1 fully saturated rings. The summed E-state index contributed by atoms with van der Waals surface area (Å²) in [6.45, 7) is 2.77. The molecule has 2 rings (SSSR count). The standard InChI is InChI=1S/C15H23ClN2O2S/c1-12(14-8-3-4-9-15(14)16)18(2)21(19,20)11-13-7-5-6-10-17-13/h3-4,8-9,12-13,17H,5-7,10-11H2,1-2H3. The molecule has 0 aliphatic carbocycles. The van der Waals surface area contributed by atoms with E-state index in [2.05, 4.69) is 5.32 Å². The third-order valence-corrected chi connectivity index (χ3v) is 6.53. The van der Waals surface area contributed by atoms with Crippen LogP contribution in [0.25, 0.3) is 0 Å². The van der Waals surface area contributed by atoms with Gasteiger partial charge in [-0.05, 0) is 37.9 Å². The number of benzene rings is 1. The first-order chi connectivity index (χ1) is 9.92. The molecule has 0 bridgehead atoms. The van der Waals surface area contributed by atoms with Crippen molar-refractivity contribution in [3.05, 3.63) is 34.9 Å². The molecule has 1 aromatic rings. The Hall–Kier alpha value is -0.620. The molecule has 0 spiro atoms. The molecule has 1 aromatic carbocycles. The van der Waals surface area contributed by atoms with Crippen LogP contribution in [0.5, 0.6) is 0 Å². The SMILES string of the molecule is CC(c1ccccc1Cl)N(C)S(=O)(=O)CC1CCCCN1. The Morgan fingerprint density at radius 1 is 1.38 bits per heavy atom. The topological polar surface area (TPSA) is 49.4 Å². The molecule has 1 N–H and O–H groups in total. The van der Waals surface area contributed by atoms with Crippen molar-refractivity contribution in [3.63, 3.8) is 0 Å². The lowest BCUT2D eigenvalue weighted by molar-refractivity contribution is 0.380. The predicted molar refractivity (Wildman–Crippen MR) is 87.1 cm³/mol. The lowest BCUT2D eigenvalue weighted by Gasteiger charge is -2.29. The van der Waals surface area contributed by atoms with E-state index in [-0.39, 0.29) is 17.8 Å². The van der Waals surface area contributed by atoms with E-state index in [9.17, 15) is 8.42 Å². The molecular formula is C15H23ClN2O2S. The molecule has 0 radical (unpaired) electrons. The Balaban J connectivity index is 2.10. The molecular weight excluding hydrogens is 308 g/mol. The van der Waals surface area contributed by atoms with Crippen LogP contribution in [0, 0.1) is 0 Å². The van der Waals surface area contributed by atoms with E-state index in [1.165, 1.54) is 4.31 Å². The summed E-state index contributed by atoms with van der Waals surface area (Å²) >= 11 is 6.17. The summed E-state index contributed by atoms with van der Waals surface area (Å²) in [6.07, 6.45) is 3.15. The van der Waals surface area contributed by atoms with Crippen molar-refractivity contribution in [1.82, 2.24) is 9.62 Å². The summed E-state index contributed by atoms with van der Waals surface area (Å²) in [4.78, 5) is 0. The van der Waals surface area contributed by atoms with E-state index in [1.807, 2.05) is 25.1 Å². The van der Waals surface area contributed by atoms with Gasteiger partial charge >= 0.3 is 0 Å². The smallest absolute Gasteiger partial charge is 0.215 e. The normalized spacial score (nSPS) is 21.4. The first kappa shape index (κ1) is 16.7. The lowest BCUT2D eigenvalue weighted by atomic mass is 10.1. The molecule has 0 amide bonds. The van der Waals surface area contributed by atoms with Crippen molar-refractivity contribution in [2.45, 2.75) is 38.3 Å². The van der Waals surface area contributed by atoms with Crippen LogP contribution in [0.3, 0.4) is 0 Å². The van der Waals surface area contributed by atoms with Crippen LogP contribution in [0.15, 0.2) is 24.3 Å². The first-order valence-electron chi connectivity index (χ1n) is 7.35. The van der Waals surface area contributed by atoms with E-state index in [1.54, 1.807) is 13.1 Å². The van der Waals surface area contributed by atoms with Crippen LogP contribution in [0.2, 0.25) is 5.02 Å². The second kappa shape index (κ2) is 7.09. The number of halogens is 1. The van der Waals surface area contributed by atoms with Gasteiger partial charge in [0.05, 0.1) is 5.75 Å². The Morgan fingerprint density at radius 3 is 2.71 bits per heavy atom.